The Labute approximate surface area is 214 Å². The number of hydrogen-bond donors (Lipinski definition) is 2. The summed E-state index contributed by atoms with van der Waals surface area (Å²) >= 11 is 5.02. The fourth-order valence-corrected chi connectivity index (χ4v) is 5.74. The van der Waals surface area contributed by atoms with Crippen molar-refractivity contribution in [3.05, 3.63) is 82.2 Å². The van der Waals surface area contributed by atoms with E-state index >= 15 is 0 Å². The quantitative estimate of drug-likeness (QED) is 0.256. The van der Waals surface area contributed by atoms with Crippen LogP contribution in [-0.2, 0) is 10.0 Å². The maximum absolute atomic E-state index is 12.8. The fourth-order valence-electron chi connectivity index (χ4n) is 3.62. The molecule has 5 aromatic rings. The molecule has 2 aromatic carbocycles. The molecule has 2 N–H and O–H groups in total. The normalized spacial score (nSPS) is 11.5. The summed E-state index contributed by atoms with van der Waals surface area (Å²) in [6, 6.07) is 16.3. The Hall–Kier alpha value is -3.41. The van der Waals surface area contributed by atoms with Gasteiger partial charge in [0.15, 0.2) is 0 Å². The van der Waals surface area contributed by atoms with Gasteiger partial charge in [0.25, 0.3) is 10.0 Å². The molecule has 3 aromatic heterocycles. The number of thiophene rings is 1. The smallest absolute Gasteiger partial charge is 0.264 e. The largest absolute Gasteiger partial charge is 0.340 e. The van der Waals surface area contributed by atoms with Crippen molar-refractivity contribution in [3.63, 3.8) is 0 Å². The second-order valence-electron chi connectivity index (χ2n) is 7.79. The van der Waals surface area contributed by atoms with Gasteiger partial charge in [-0.15, -0.1) is 11.3 Å². The van der Waals surface area contributed by atoms with Gasteiger partial charge in [-0.3, -0.25) is 0 Å². The van der Waals surface area contributed by atoms with Gasteiger partial charge in [-0.1, -0.05) is 28.1 Å². The molecule has 0 aliphatic heterocycles. The number of fused-ring (bicyclic) bond motifs is 1. The molecule has 0 atom stereocenters. The van der Waals surface area contributed by atoms with E-state index in [1.165, 1.54) is 18.5 Å². The number of aryl methyl sites for hydroxylation is 2. The Morgan fingerprint density at radius 1 is 0.914 bits per heavy atom. The van der Waals surface area contributed by atoms with Gasteiger partial charge < -0.3 is 5.32 Å². The topological polar surface area (TPSA) is 110 Å². The molecular formula is C24H19BrN6O2S2. The number of aromatic nitrogens is 4. The van der Waals surface area contributed by atoms with Crippen molar-refractivity contribution in [2.75, 3.05) is 10.0 Å². The van der Waals surface area contributed by atoms with Crippen molar-refractivity contribution in [3.8, 4) is 11.1 Å². The van der Waals surface area contributed by atoms with Crippen LogP contribution in [0.15, 0.2) is 75.7 Å². The standard InChI is InChI=1S/C24H19BrN6O2S2/c1-14-11-15(2)29-24(28-14)31-35(32,33)19-9-7-18(8-10-19)30-22-21-20(12-34-23(21)27-13-26-22)16-3-5-17(25)6-4-16/h3-13H,1-2H3,(H,26,27,30)(H,28,29,31). The van der Waals surface area contributed by atoms with E-state index in [0.717, 1.165) is 25.8 Å². The number of benzene rings is 2. The third-order valence-electron chi connectivity index (χ3n) is 5.16. The highest BCUT2D eigenvalue weighted by Gasteiger charge is 2.17. The first-order valence-electron chi connectivity index (χ1n) is 10.5. The first-order chi connectivity index (χ1) is 16.8. The highest BCUT2D eigenvalue weighted by atomic mass is 79.9. The molecule has 5 rings (SSSR count). The van der Waals surface area contributed by atoms with Crippen molar-refractivity contribution >= 4 is 65.0 Å². The number of halogens is 1. The lowest BCUT2D eigenvalue weighted by Crippen LogP contribution is -2.15. The molecule has 0 aliphatic carbocycles. The number of anilines is 3. The molecule has 0 saturated carbocycles. The minimum absolute atomic E-state index is 0.0472. The molecule has 8 nitrogen and oxygen atoms in total. The summed E-state index contributed by atoms with van der Waals surface area (Å²) in [7, 11) is -3.84. The molecule has 0 unspecified atom stereocenters. The third-order valence-corrected chi connectivity index (χ3v) is 7.92. The Kier molecular flexibility index (Phi) is 6.22. The van der Waals surface area contributed by atoms with Crippen LogP contribution in [0.5, 0.6) is 0 Å². The van der Waals surface area contributed by atoms with Gasteiger partial charge in [0.05, 0.1) is 10.3 Å². The lowest BCUT2D eigenvalue weighted by Gasteiger charge is -2.11. The van der Waals surface area contributed by atoms with E-state index in [4.69, 9.17) is 0 Å². The molecule has 0 bridgehead atoms. The zero-order valence-electron chi connectivity index (χ0n) is 18.7. The molecule has 0 amide bonds. The molecule has 176 valence electrons. The maximum atomic E-state index is 12.8. The van der Waals surface area contributed by atoms with Gasteiger partial charge in [0.2, 0.25) is 5.95 Å². The Bertz CT molecular complexity index is 1620. The van der Waals surface area contributed by atoms with Crippen LogP contribution in [-0.4, -0.2) is 28.4 Å². The predicted molar refractivity (Wildman–Crippen MR) is 143 cm³/mol. The molecule has 35 heavy (non-hydrogen) atoms. The molecule has 0 spiro atoms. The van der Waals surface area contributed by atoms with E-state index in [1.807, 2.05) is 24.3 Å². The lowest BCUT2D eigenvalue weighted by molar-refractivity contribution is 0.601. The number of sulfonamides is 1. The predicted octanol–water partition coefficient (Wildman–Crippen LogP) is 6.07. The van der Waals surface area contributed by atoms with Gasteiger partial charge in [-0.05, 0) is 61.9 Å². The average molecular weight is 567 g/mol. The van der Waals surface area contributed by atoms with Crippen LogP contribution < -0.4 is 10.0 Å². The van der Waals surface area contributed by atoms with E-state index in [2.05, 4.69) is 51.3 Å². The van der Waals surface area contributed by atoms with Crippen LogP contribution in [0.25, 0.3) is 21.3 Å². The SMILES string of the molecule is Cc1cc(C)nc(NS(=O)(=O)c2ccc(Nc3ncnc4scc(-c5ccc(Br)cc5)c34)cc2)n1. The van der Waals surface area contributed by atoms with E-state index in [1.54, 1.807) is 43.4 Å². The van der Waals surface area contributed by atoms with E-state index in [-0.39, 0.29) is 10.8 Å². The summed E-state index contributed by atoms with van der Waals surface area (Å²) in [6.45, 7) is 3.57. The molecule has 0 aliphatic rings. The molecule has 11 heteroatoms. The van der Waals surface area contributed by atoms with Crippen molar-refractivity contribution in [1.29, 1.82) is 0 Å². The molecule has 0 fully saturated rings. The van der Waals surface area contributed by atoms with Gasteiger partial charge in [-0.25, -0.2) is 33.1 Å². The Balaban J connectivity index is 1.42. The average Bonchev–Trinajstić information content (AvgIpc) is 3.24. The summed E-state index contributed by atoms with van der Waals surface area (Å²) in [6.07, 6.45) is 1.51. The maximum Gasteiger partial charge on any atom is 0.264 e. The van der Waals surface area contributed by atoms with Crippen LogP contribution in [0.4, 0.5) is 17.5 Å². The first kappa shape index (κ1) is 23.3. The van der Waals surface area contributed by atoms with Crippen molar-refractivity contribution in [1.82, 2.24) is 19.9 Å². The summed E-state index contributed by atoms with van der Waals surface area (Å²) in [5, 5.41) is 6.27. The van der Waals surface area contributed by atoms with Crippen LogP contribution in [0, 0.1) is 13.8 Å². The number of hydrogen-bond acceptors (Lipinski definition) is 8. The molecule has 0 radical (unpaired) electrons. The number of nitrogens with zero attached hydrogens (tertiary/aromatic N) is 4. The van der Waals surface area contributed by atoms with E-state index in [0.29, 0.717) is 22.9 Å². The first-order valence-corrected chi connectivity index (χ1v) is 13.6. The van der Waals surface area contributed by atoms with E-state index in [9.17, 15) is 8.42 Å². The zero-order valence-corrected chi connectivity index (χ0v) is 21.9. The highest BCUT2D eigenvalue weighted by Crippen LogP contribution is 2.37. The highest BCUT2D eigenvalue weighted by molar-refractivity contribution is 9.10. The summed E-state index contributed by atoms with van der Waals surface area (Å²) < 4.78 is 29.1. The Morgan fingerprint density at radius 3 is 2.29 bits per heavy atom. The monoisotopic (exact) mass is 566 g/mol. The van der Waals surface area contributed by atoms with Crippen LogP contribution in [0.3, 0.4) is 0 Å². The number of rotatable bonds is 6. The van der Waals surface area contributed by atoms with Crippen LogP contribution in [0.2, 0.25) is 0 Å². The second-order valence-corrected chi connectivity index (χ2v) is 11.2. The molecular weight excluding hydrogens is 548 g/mol. The fraction of sp³-hybridized carbons (Fsp3) is 0.0833. The van der Waals surface area contributed by atoms with Crippen molar-refractivity contribution in [2.24, 2.45) is 0 Å². The van der Waals surface area contributed by atoms with Crippen LogP contribution >= 0.6 is 27.3 Å². The molecule has 3 heterocycles. The summed E-state index contributed by atoms with van der Waals surface area (Å²) in [4.78, 5) is 18.1. The van der Waals surface area contributed by atoms with Gasteiger partial charge in [-0.2, -0.15) is 0 Å². The Morgan fingerprint density at radius 2 is 1.60 bits per heavy atom. The minimum Gasteiger partial charge on any atom is -0.340 e. The number of nitrogens with one attached hydrogen (secondary N) is 2. The minimum atomic E-state index is -3.84. The van der Waals surface area contributed by atoms with Crippen molar-refractivity contribution < 1.29 is 8.42 Å². The van der Waals surface area contributed by atoms with Gasteiger partial charge in [0.1, 0.15) is 17.0 Å². The van der Waals surface area contributed by atoms with E-state index < -0.39 is 10.0 Å². The van der Waals surface area contributed by atoms with Gasteiger partial charge in [0, 0.05) is 32.5 Å². The summed E-state index contributed by atoms with van der Waals surface area (Å²) in [5.41, 5.74) is 4.14. The van der Waals surface area contributed by atoms with Gasteiger partial charge >= 0.3 is 0 Å². The van der Waals surface area contributed by atoms with Crippen LogP contribution in [0.1, 0.15) is 11.4 Å². The lowest BCUT2D eigenvalue weighted by atomic mass is 10.1. The summed E-state index contributed by atoms with van der Waals surface area (Å²) in [5.74, 6) is 0.692. The zero-order chi connectivity index (χ0) is 24.6. The second kappa shape index (κ2) is 9.33. The third kappa shape index (κ3) is 5.02. The van der Waals surface area contributed by atoms with Crippen molar-refractivity contribution in [2.45, 2.75) is 18.7 Å². The molecule has 0 saturated heterocycles.